The number of benzene rings is 3. The fraction of sp³-hybridized carbons (Fsp3) is 0.286. The second-order valence-corrected chi connectivity index (χ2v) is 11.9. The number of ether oxygens (including phenoxy) is 1. The van der Waals surface area contributed by atoms with Gasteiger partial charge in [0.05, 0.1) is 17.7 Å². The summed E-state index contributed by atoms with van der Waals surface area (Å²) in [5.41, 5.74) is 0.932. The molecule has 0 aliphatic rings. The maximum absolute atomic E-state index is 13.9. The highest BCUT2D eigenvalue weighted by molar-refractivity contribution is 7.92. The number of carbonyl (C=O) groups is 2. The van der Waals surface area contributed by atoms with Crippen LogP contribution >= 0.6 is 23.2 Å². The number of hydrogen-bond donors (Lipinski definition) is 1. The summed E-state index contributed by atoms with van der Waals surface area (Å²) in [6.07, 6.45) is 0. The molecule has 0 fully saturated rings. The number of rotatable bonds is 11. The van der Waals surface area contributed by atoms with Crippen molar-refractivity contribution < 1.29 is 22.7 Å². The predicted octanol–water partition coefficient (Wildman–Crippen LogP) is 5.14. The number of nitrogens with zero attached hydrogens (tertiary/aromatic N) is 2. The van der Waals surface area contributed by atoms with Crippen molar-refractivity contribution in [3.63, 3.8) is 0 Å². The Bertz CT molecular complexity index is 1400. The number of sulfonamides is 1. The summed E-state index contributed by atoms with van der Waals surface area (Å²) in [6.45, 7) is 4.74. The topological polar surface area (TPSA) is 96.0 Å². The van der Waals surface area contributed by atoms with Gasteiger partial charge < -0.3 is 15.0 Å². The minimum absolute atomic E-state index is 0.0362. The van der Waals surface area contributed by atoms with Crippen LogP contribution in [-0.4, -0.2) is 50.9 Å². The molecule has 1 atom stereocenters. The lowest BCUT2D eigenvalue weighted by Gasteiger charge is -2.32. The quantitative estimate of drug-likeness (QED) is 0.333. The Kier molecular flexibility index (Phi) is 10.2. The molecule has 208 valence electrons. The molecular weight excluding hydrogens is 561 g/mol. The van der Waals surface area contributed by atoms with E-state index in [-0.39, 0.29) is 29.1 Å². The van der Waals surface area contributed by atoms with Gasteiger partial charge in [-0.25, -0.2) is 8.42 Å². The van der Waals surface area contributed by atoms with E-state index in [0.717, 1.165) is 9.87 Å². The SMILES string of the molecule is COc1ccc(S(=O)(=O)N(CC(=O)N(Cc2ccc(Cl)cc2)[C@H](C)C(=O)NC(C)C)c2cccc(Cl)c2)cc1. The number of methoxy groups -OCH3 is 1. The molecule has 3 aromatic carbocycles. The molecule has 3 aromatic rings. The van der Waals surface area contributed by atoms with Gasteiger partial charge in [0.2, 0.25) is 11.8 Å². The van der Waals surface area contributed by atoms with Crippen molar-refractivity contribution in [1.82, 2.24) is 10.2 Å². The predicted molar refractivity (Wildman–Crippen MR) is 154 cm³/mol. The first-order chi connectivity index (χ1) is 18.4. The van der Waals surface area contributed by atoms with Gasteiger partial charge in [-0.2, -0.15) is 0 Å². The molecular formula is C28H31Cl2N3O5S. The third kappa shape index (κ3) is 7.88. The Morgan fingerprint density at radius 1 is 0.923 bits per heavy atom. The van der Waals surface area contributed by atoms with E-state index in [2.05, 4.69) is 5.32 Å². The molecule has 0 heterocycles. The van der Waals surface area contributed by atoms with E-state index >= 15 is 0 Å². The van der Waals surface area contributed by atoms with E-state index in [9.17, 15) is 18.0 Å². The molecule has 0 aliphatic heterocycles. The first kappa shape index (κ1) is 30.3. The Labute approximate surface area is 239 Å². The van der Waals surface area contributed by atoms with E-state index in [1.807, 2.05) is 13.8 Å². The number of anilines is 1. The van der Waals surface area contributed by atoms with E-state index in [1.165, 1.54) is 42.3 Å². The monoisotopic (exact) mass is 591 g/mol. The Balaban J connectivity index is 2.03. The highest BCUT2D eigenvalue weighted by atomic mass is 35.5. The molecule has 3 rings (SSSR count). The van der Waals surface area contributed by atoms with E-state index in [4.69, 9.17) is 27.9 Å². The third-order valence-electron chi connectivity index (χ3n) is 5.89. The lowest BCUT2D eigenvalue weighted by Crippen LogP contribution is -2.52. The van der Waals surface area contributed by atoms with Crippen molar-refractivity contribution in [3.8, 4) is 5.75 Å². The summed E-state index contributed by atoms with van der Waals surface area (Å²) >= 11 is 12.2. The largest absolute Gasteiger partial charge is 0.497 e. The van der Waals surface area contributed by atoms with Gasteiger partial charge in [-0.1, -0.05) is 41.4 Å². The average Bonchev–Trinajstić information content (AvgIpc) is 2.90. The lowest BCUT2D eigenvalue weighted by molar-refractivity contribution is -0.139. The average molecular weight is 593 g/mol. The molecule has 0 aliphatic carbocycles. The van der Waals surface area contributed by atoms with E-state index in [0.29, 0.717) is 15.8 Å². The second-order valence-electron chi connectivity index (χ2n) is 9.15. The van der Waals surface area contributed by atoms with Crippen LogP contribution in [0, 0.1) is 0 Å². The second kappa shape index (κ2) is 13.2. The van der Waals surface area contributed by atoms with E-state index in [1.54, 1.807) is 49.4 Å². The normalized spacial score (nSPS) is 12.1. The maximum atomic E-state index is 13.9. The summed E-state index contributed by atoms with van der Waals surface area (Å²) in [5, 5.41) is 3.65. The van der Waals surface area contributed by atoms with Crippen LogP contribution in [0.25, 0.3) is 0 Å². The summed E-state index contributed by atoms with van der Waals surface area (Å²) in [7, 11) is -2.74. The summed E-state index contributed by atoms with van der Waals surface area (Å²) in [5.74, 6) is -0.452. The third-order valence-corrected chi connectivity index (χ3v) is 8.16. The zero-order valence-corrected chi connectivity index (χ0v) is 24.4. The maximum Gasteiger partial charge on any atom is 0.264 e. The molecule has 0 radical (unpaired) electrons. The molecule has 0 spiro atoms. The molecule has 0 saturated carbocycles. The minimum Gasteiger partial charge on any atom is -0.497 e. The summed E-state index contributed by atoms with van der Waals surface area (Å²) in [4.78, 5) is 28.1. The van der Waals surface area contributed by atoms with Gasteiger partial charge in [0.15, 0.2) is 0 Å². The van der Waals surface area contributed by atoms with Gasteiger partial charge in [-0.05, 0) is 80.9 Å². The standard InChI is InChI=1S/C28H31Cl2N3O5S/c1-19(2)31-28(35)20(3)32(17-21-8-10-22(29)11-9-21)27(34)18-33(24-7-5-6-23(30)16-24)39(36,37)26-14-12-25(38-4)13-15-26/h5-16,19-20H,17-18H2,1-4H3,(H,31,35)/t20-/m1/s1. The van der Waals surface area contributed by atoms with Crippen molar-refractivity contribution in [1.29, 1.82) is 0 Å². The van der Waals surface area contributed by atoms with Crippen LogP contribution in [0.1, 0.15) is 26.3 Å². The molecule has 1 N–H and O–H groups in total. The van der Waals surface area contributed by atoms with Gasteiger partial charge in [-0.3, -0.25) is 13.9 Å². The zero-order chi connectivity index (χ0) is 28.7. The van der Waals surface area contributed by atoms with E-state index < -0.39 is 28.5 Å². The first-order valence-electron chi connectivity index (χ1n) is 12.2. The molecule has 0 aromatic heterocycles. The van der Waals surface area contributed by atoms with Crippen LogP contribution in [0.5, 0.6) is 5.75 Å². The van der Waals surface area contributed by atoms with Crippen molar-refractivity contribution in [2.75, 3.05) is 18.0 Å². The van der Waals surface area contributed by atoms with Crippen LogP contribution < -0.4 is 14.4 Å². The number of amides is 2. The minimum atomic E-state index is -4.21. The number of halogens is 2. The zero-order valence-electron chi connectivity index (χ0n) is 22.1. The molecule has 39 heavy (non-hydrogen) atoms. The lowest BCUT2D eigenvalue weighted by atomic mass is 10.1. The van der Waals surface area contributed by atoms with Crippen molar-refractivity contribution in [2.45, 2.75) is 44.3 Å². The Morgan fingerprint density at radius 3 is 2.13 bits per heavy atom. The van der Waals surface area contributed by atoms with Crippen LogP contribution in [0.3, 0.4) is 0 Å². The highest BCUT2D eigenvalue weighted by Crippen LogP contribution is 2.28. The molecule has 0 bridgehead atoms. The van der Waals surface area contributed by atoms with Crippen LogP contribution in [-0.2, 0) is 26.2 Å². The van der Waals surface area contributed by atoms with Gasteiger partial charge in [0, 0.05) is 22.6 Å². The van der Waals surface area contributed by atoms with Crippen molar-refractivity contribution in [2.24, 2.45) is 0 Å². The Hall–Kier alpha value is -3.27. The fourth-order valence-corrected chi connectivity index (χ4v) is 5.53. The first-order valence-corrected chi connectivity index (χ1v) is 14.4. The number of hydrogen-bond acceptors (Lipinski definition) is 5. The number of carbonyl (C=O) groups excluding carboxylic acids is 2. The highest BCUT2D eigenvalue weighted by Gasteiger charge is 2.32. The van der Waals surface area contributed by atoms with Crippen molar-refractivity contribution >= 4 is 50.7 Å². The van der Waals surface area contributed by atoms with Gasteiger partial charge in [0.25, 0.3) is 10.0 Å². The molecule has 0 saturated heterocycles. The summed E-state index contributed by atoms with van der Waals surface area (Å²) < 4.78 is 33.8. The molecule has 11 heteroatoms. The van der Waals surface area contributed by atoms with Crippen LogP contribution in [0.15, 0.2) is 77.7 Å². The van der Waals surface area contributed by atoms with Crippen LogP contribution in [0.4, 0.5) is 5.69 Å². The fourth-order valence-electron chi connectivity index (χ4n) is 3.81. The molecule has 2 amide bonds. The molecule has 0 unspecified atom stereocenters. The van der Waals surface area contributed by atoms with Gasteiger partial charge in [-0.15, -0.1) is 0 Å². The number of nitrogens with one attached hydrogen (secondary N) is 1. The molecule has 8 nitrogen and oxygen atoms in total. The van der Waals surface area contributed by atoms with Crippen LogP contribution in [0.2, 0.25) is 10.0 Å². The smallest absolute Gasteiger partial charge is 0.264 e. The Morgan fingerprint density at radius 2 is 1.56 bits per heavy atom. The van der Waals surface area contributed by atoms with Gasteiger partial charge >= 0.3 is 0 Å². The van der Waals surface area contributed by atoms with Crippen molar-refractivity contribution in [3.05, 3.63) is 88.4 Å². The van der Waals surface area contributed by atoms with Gasteiger partial charge in [0.1, 0.15) is 18.3 Å². The summed E-state index contributed by atoms with van der Waals surface area (Å²) in [6, 6.07) is 17.9.